The lowest BCUT2D eigenvalue weighted by Crippen LogP contribution is -2.19. The summed E-state index contributed by atoms with van der Waals surface area (Å²) in [5.74, 6) is 0.515. The highest BCUT2D eigenvalue weighted by molar-refractivity contribution is 7.15. The summed E-state index contributed by atoms with van der Waals surface area (Å²) in [5.41, 5.74) is 1.28. The van der Waals surface area contributed by atoms with E-state index in [4.69, 9.17) is 4.98 Å². The van der Waals surface area contributed by atoms with E-state index in [2.05, 4.69) is 38.0 Å². The minimum Gasteiger partial charge on any atom is -0.348 e. The molecule has 0 amide bonds. The molecule has 0 saturated heterocycles. The molecule has 1 aliphatic carbocycles. The maximum Gasteiger partial charge on any atom is 0.185 e. The molecule has 2 rings (SSSR count). The van der Waals surface area contributed by atoms with Gasteiger partial charge in [0, 0.05) is 24.5 Å². The first-order valence-corrected chi connectivity index (χ1v) is 7.88. The van der Waals surface area contributed by atoms with Gasteiger partial charge in [-0.25, -0.2) is 4.98 Å². The van der Waals surface area contributed by atoms with Crippen LogP contribution >= 0.6 is 11.3 Å². The fraction of sp³-hybridized carbons (Fsp3) is 0.786. The Morgan fingerprint density at radius 3 is 2.72 bits per heavy atom. The highest BCUT2D eigenvalue weighted by atomic mass is 32.1. The molecule has 1 aliphatic rings. The van der Waals surface area contributed by atoms with E-state index in [0.717, 1.165) is 19.1 Å². The lowest BCUT2D eigenvalue weighted by molar-refractivity contribution is 0.670. The van der Waals surface area contributed by atoms with Crippen LogP contribution in [0.25, 0.3) is 0 Å². The first kappa shape index (κ1) is 13.8. The molecular formula is C14H25N3S. The topological polar surface area (TPSA) is 28.2 Å². The van der Waals surface area contributed by atoms with Gasteiger partial charge < -0.3 is 10.2 Å². The second kappa shape index (κ2) is 6.02. The molecule has 0 spiro atoms. The van der Waals surface area contributed by atoms with Crippen molar-refractivity contribution in [1.29, 1.82) is 0 Å². The van der Waals surface area contributed by atoms with Crippen molar-refractivity contribution in [2.45, 2.75) is 58.5 Å². The van der Waals surface area contributed by atoms with Crippen LogP contribution in [0.15, 0.2) is 0 Å². The lowest BCUT2D eigenvalue weighted by atomic mass is 10.1. The van der Waals surface area contributed by atoms with Crippen molar-refractivity contribution in [3.05, 3.63) is 10.6 Å². The van der Waals surface area contributed by atoms with Crippen LogP contribution in [0.1, 0.15) is 56.5 Å². The zero-order valence-electron chi connectivity index (χ0n) is 12.0. The van der Waals surface area contributed by atoms with Gasteiger partial charge in [0.2, 0.25) is 0 Å². The molecule has 0 unspecified atom stereocenters. The summed E-state index contributed by atoms with van der Waals surface area (Å²) < 4.78 is 0. The van der Waals surface area contributed by atoms with Crippen LogP contribution < -0.4 is 10.2 Å². The largest absolute Gasteiger partial charge is 0.348 e. The predicted molar refractivity (Wildman–Crippen MR) is 79.6 cm³/mol. The van der Waals surface area contributed by atoms with Crippen molar-refractivity contribution >= 4 is 16.5 Å². The van der Waals surface area contributed by atoms with Crippen LogP contribution in [-0.2, 0) is 6.54 Å². The molecule has 0 radical (unpaired) electrons. The molecule has 1 aromatic heterocycles. The first-order chi connectivity index (χ1) is 8.63. The number of nitrogens with one attached hydrogen (secondary N) is 1. The normalized spacial score (nSPS) is 15.4. The minimum atomic E-state index is 0.515. The smallest absolute Gasteiger partial charge is 0.185 e. The summed E-state index contributed by atoms with van der Waals surface area (Å²) in [6, 6.07) is 0.743. The van der Waals surface area contributed by atoms with Crippen LogP contribution in [0.2, 0.25) is 0 Å². The third kappa shape index (κ3) is 3.23. The molecule has 1 N–H and O–H groups in total. The Morgan fingerprint density at radius 1 is 1.44 bits per heavy atom. The first-order valence-electron chi connectivity index (χ1n) is 7.06. The van der Waals surface area contributed by atoms with Crippen molar-refractivity contribution in [1.82, 2.24) is 10.3 Å². The van der Waals surface area contributed by atoms with Gasteiger partial charge in [0.25, 0.3) is 0 Å². The van der Waals surface area contributed by atoms with Crippen LogP contribution in [-0.4, -0.2) is 24.6 Å². The molecule has 0 bridgehead atoms. The van der Waals surface area contributed by atoms with Crippen LogP contribution in [0.5, 0.6) is 0 Å². The Bertz CT molecular complexity index is 382. The van der Waals surface area contributed by atoms with Gasteiger partial charge in [-0.3, -0.25) is 0 Å². The van der Waals surface area contributed by atoms with Gasteiger partial charge in [0.05, 0.1) is 5.69 Å². The van der Waals surface area contributed by atoms with E-state index in [0.29, 0.717) is 5.92 Å². The van der Waals surface area contributed by atoms with Crippen molar-refractivity contribution in [2.24, 2.45) is 0 Å². The molecule has 18 heavy (non-hydrogen) atoms. The highest BCUT2D eigenvalue weighted by Crippen LogP contribution is 2.35. The summed E-state index contributed by atoms with van der Waals surface area (Å²) in [7, 11) is 2.18. The number of nitrogens with zero attached hydrogens (tertiary/aromatic N) is 2. The van der Waals surface area contributed by atoms with E-state index in [1.165, 1.54) is 35.0 Å². The molecule has 102 valence electrons. The average Bonchev–Trinajstić information content (AvgIpc) is 3.09. The molecule has 1 heterocycles. The Labute approximate surface area is 115 Å². The fourth-order valence-corrected chi connectivity index (χ4v) is 3.29. The second-order valence-corrected chi connectivity index (χ2v) is 6.54. The van der Waals surface area contributed by atoms with Crippen molar-refractivity contribution in [2.75, 3.05) is 18.5 Å². The second-order valence-electron chi connectivity index (χ2n) is 5.48. The zero-order chi connectivity index (χ0) is 13.1. The Kier molecular flexibility index (Phi) is 4.62. The molecule has 0 atom stereocenters. The fourth-order valence-electron chi connectivity index (χ4n) is 2.08. The Morgan fingerprint density at radius 2 is 2.17 bits per heavy atom. The minimum absolute atomic E-state index is 0.515. The van der Waals surface area contributed by atoms with E-state index in [9.17, 15) is 0 Å². The summed E-state index contributed by atoms with van der Waals surface area (Å²) in [6.07, 6.45) is 3.84. The van der Waals surface area contributed by atoms with Gasteiger partial charge in [-0.05, 0) is 31.7 Å². The predicted octanol–water partition coefficient (Wildman–Crippen LogP) is 3.36. The Hall–Kier alpha value is -0.610. The van der Waals surface area contributed by atoms with Gasteiger partial charge in [0.1, 0.15) is 0 Å². The van der Waals surface area contributed by atoms with E-state index in [-0.39, 0.29) is 0 Å². The molecular weight excluding hydrogens is 242 g/mol. The zero-order valence-corrected chi connectivity index (χ0v) is 12.8. The molecule has 4 heteroatoms. The van der Waals surface area contributed by atoms with E-state index < -0.39 is 0 Å². The third-order valence-corrected chi connectivity index (χ3v) is 4.53. The monoisotopic (exact) mass is 267 g/mol. The molecule has 1 aromatic rings. The summed E-state index contributed by atoms with van der Waals surface area (Å²) >= 11 is 1.87. The molecule has 3 nitrogen and oxygen atoms in total. The van der Waals surface area contributed by atoms with E-state index >= 15 is 0 Å². The lowest BCUT2D eigenvalue weighted by Gasteiger charge is -2.13. The SMILES string of the molecule is CCCNCc1sc(N(C)C2CC2)nc1C(C)C. The maximum atomic E-state index is 4.85. The maximum absolute atomic E-state index is 4.85. The van der Waals surface area contributed by atoms with Gasteiger partial charge in [-0.2, -0.15) is 0 Å². The van der Waals surface area contributed by atoms with E-state index in [1.807, 2.05) is 11.3 Å². The van der Waals surface area contributed by atoms with Gasteiger partial charge in [-0.15, -0.1) is 11.3 Å². The molecule has 1 fully saturated rings. The van der Waals surface area contributed by atoms with Crippen LogP contribution in [0.3, 0.4) is 0 Å². The van der Waals surface area contributed by atoms with Gasteiger partial charge in [-0.1, -0.05) is 20.8 Å². The highest BCUT2D eigenvalue weighted by Gasteiger charge is 2.29. The summed E-state index contributed by atoms with van der Waals surface area (Å²) in [6.45, 7) is 8.73. The number of hydrogen-bond acceptors (Lipinski definition) is 4. The summed E-state index contributed by atoms with van der Waals surface area (Å²) in [4.78, 5) is 8.63. The third-order valence-electron chi connectivity index (χ3n) is 3.37. The van der Waals surface area contributed by atoms with Crippen molar-refractivity contribution in [3.8, 4) is 0 Å². The Balaban J connectivity index is 2.09. The van der Waals surface area contributed by atoms with Crippen LogP contribution in [0.4, 0.5) is 5.13 Å². The van der Waals surface area contributed by atoms with Crippen LogP contribution in [0, 0.1) is 0 Å². The van der Waals surface area contributed by atoms with Gasteiger partial charge >= 0.3 is 0 Å². The van der Waals surface area contributed by atoms with Crippen molar-refractivity contribution in [3.63, 3.8) is 0 Å². The number of hydrogen-bond donors (Lipinski definition) is 1. The summed E-state index contributed by atoms with van der Waals surface area (Å²) in [5, 5.41) is 4.70. The molecule has 1 saturated carbocycles. The quantitative estimate of drug-likeness (QED) is 0.768. The molecule has 0 aliphatic heterocycles. The number of aromatic nitrogens is 1. The number of rotatable bonds is 7. The van der Waals surface area contributed by atoms with Gasteiger partial charge in [0.15, 0.2) is 5.13 Å². The average molecular weight is 267 g/mol. The van der Waals surface area contributed by atoms with E-state index in [1.54, 1.807) is 0 Å². The van der Waals surface area contributed by atoms with Crippen molar-refractivity contribution < 1.29 is 0 Å². The number of thiazole rings is 1. The number of anilines is 1. The standard InChI is InChI=1S/C14H25N3S/c1-5-8-15-9-12-13(10(2)3)16-14(18-12)17(4)11-6-7-11/h10-11,15H,5-9H2,1-4H3. The molecule has 0 aromatic carbocycles.